The minimum atomic E-state index is -0.313. The number of aryl methyl sites for hydroxylation is 3. The van der Waals surface area contributed by atoms with E-state index in [-0.39, 0.29) is 17.5 Å². The summed E-state index contributed by atoms with van der Waals surface area (Å²) in [5.74, 6) is 0.342. The van der Waals surface area contributed by atoms with Crippen LogP contribution in [0.25, 0.3) is 17.1 Å². The third-order valence-electron chi connectivity index (χ3n) is 5.02. The molecule has 0 aliphatic heterocycles. The second kappa shape index (κ2) is 9.36. The lowest BCUT2D eigenvalue weighted by Crippen LogP contribution is -2.16. The van der Waals surface area contributed by atoms with Crippen LogP contribution in [0.5, 0.6) is 0 Å². The minimum absolute atomic E-state index is 0.115. The van der Waals surface area contributed by atoms with Crippen molar-refractivity contribution in [3.05, 3.63) is 89.2 Å². The molecule has 0 fully saturated rings. The molecule has 1 amide bonds. The molecule has 1 N–H and O–H groups in total. The van der Waals surface area contributed by atoms with Gasteiger partial charge in [-0.3, -0.25) is 9.36 Å². The number of rotatable bonds is 6. The molecule has 4 rings (SSSR count). The lowest BCUT2D eigenvalue weighted by Gasteiger charge is -2.13. The molecule has 0 saturated heterocycles. The first-order chi connectivity index (χ1) is 15.4. The topological polar surface area (TPSA) is 59.8 Å². The van der Waals surface area contributed by atoms with Crippen molar-refractivity contribution in [1.82, 2.24) is 14.8 Å². The van der Waals surface area contributed by atoms with Gasteiger partial charge >= 0.3 is 0 Å². The van der Waals surface area contributed by atoms with Crippen molar-refractivity contribution in [3.8, 4) is 17.1 Å². The Kier molecular flexibility index (Phi) is 6.37. The zero-order valence-electron chi connectivity index (χ0n) is 18.1. The van der Waals surface area contributed by atoms with Crippen LogP contribution in [-0.4, -0.2) is 26.4 Å². The number of halogens is 1. The molecule has 32 heavy (non-hydrogen) atoms. The van der Waals surface area contributed by atoms with E-state index < -0.39 is 0 Å². The number of nitrogens with zero attached hydrogens (tertiary/aromatic N) is 3. The fourth-order valence-corrected chi connectivity index (χ4v) is 4.39. The maximum absolute atomic E-state index is 13.4. The van der Waals surface area contributed by atoms with Crippen molar-refractivity contribution in [3.63, 3.8) is 0 Å². The van der Waals surface area contributed by atoms with Crippen molar-refractivity contribution < 1.29 is 9.18 Å². The van der Waals surface area contributed by atoms with E-state index in [9.17, 15) is 9.18 Å². The zero-order chi connectivity index (χ0) is 22.7. The van der Waals surface area contributed by atoms with E-state index in [4.69, 9.17) is 0 Å². The molecule has 0 spiro atoms. The van der Waals surface area contributed by atoms with Crippen LogP contribution >= 0.6 is 11.8 Å². The molecule has 1 aromatic heterocycles. The second-order valence-corrected chi connectivity index (χ2v) is 8.54. The molecular weight excluding hydrogens is 423 g/mol. The molecule has 3 aromatic carbocycles. The summed E-state index contributed by atoms with van der Waals surface area (Å²) in [7, 11) is 0. The number of carbonyl (C=O) groups excluding carboxylic acids is 1. The maximum Gasteiger partial charge on any atom is 0.234 e. The van der Waals surface area contributed by atoms with Crippen molar-refractivity contribution in [2.45, 2.75) is 25.9 Å². The van der Waals surface area contributed by atoms with Crippen molar-refractivity contribution in [2.75, 3.05) is 11.1 Å². The van der Waals surface area contributed by atoms with Gasteiger partial charge in [-0.05, 0) is 68.3 Å². The van der Waals surface area contributed by atoms with Gasteiger partial charge in [-0.1, -0.05) is 47.7 Å². The molecule has 0 radical (unpaired) electrons. The minimum Gasteiger partial charge on any atom is -0.325 e. The molecule has 0 aliphatic carbocycles. The normalized spacial score (nSPS) is 10.9. The standard InChI is InChI=1S/C25H23FN4OS/c1-16-13-17(2)23(18(3)14-16)27-22(31)15-32-25-29-28-24(19-9-11-20(26)12-10-19)30(25)21-7-5-4-6-8-21/h4-14H,15H2,1-3H3,(H,27,31). The molecule has 0 unspecified atom stereocenters. The van der Waals surface area contributed by atoms with Gasteiger partial charge in [-0.25, -0.2) is 4.39 Å². The number of amides is 1. The first-order valence-electron chi connectivity index (χ1n) is 10.2. The Morgan fingerprint density at radius 2 is 1.62 bits per heavy atom. The van der Waals surface area contributed by atoms with Gasteiger partial charge in [0.2, 0.25) is 5.91 Å². The number of hydrogen-bond donors (Lipinski definition) is 1. The Hall–Kier alpha value is -3.45. The van der Waals surface area contributed by atoms with E-state index in [2.05, 4.69) is 27.6 Å². The van der Waals surface area contributed by atoms with Crippen molar-refractivity contribution in [1.29, 1.82) is 0 Å². The van der Waals surface area contributed by atoms with Gasteiger partial charge in [0.05, 0.1) is 5.75 Å². The highest BCUT2D eigenvalue weighted by Gasteiger charge is 2.18. The summed E-state index contributed by atoms with van der Waals surface area (Å²) in [6.45, 7) is 6.02. The SMILES string of the molecule is Cc1cc(C)c(NC(=O)CSc2nnc(-c3ccc(F)cc3)n2-c2ccccc2)c(C)c1. The van der Waals surface area contributed by atoms with Crippen LogP contribution in [0, 0.1) is 26.6 Å². The van der Waals surface area contributed by atoms with Gasteiger partial charge in [0.15, 0.2) is 11.0 Å². The molecule has 4 aromatic rings. The molecule has 162 valence electrons. The third kappa shape index (κ3) is 4.73. The molecule has 5 nitrogen and oxygen atoms in total. The van der Waals surface area contributed by atoms with E-state index in [1.54, 1.807) is 12.1 Å². The summed E-state index contributed by atoms with van der Waals surface area (Å²) in [5, 5.41) is 12.3. The second-order valence-electron chi connectivity index (χ2n) is 7.59. The monoisotopic (exact) mass is 446 g/mol. The Labute approximate surface area is 190 Å². The van der Waals surface area contributed by atoms with Gasteiger partial charge in [-0.15, -0.1) is 10.2 Å². The predicted octanol–water partition coefficient (Wildman–Crippen LogP) is 5.73. The summed E-state index contributed by atoms with van der Waals surface area (Å²) < 4.78 is 15.3. The maximum atomic E-state index is 13.4. The molecule has 0 aliphatic rings. The largest absolute Gasteiger partial charge is 0.325 e. The number of hydrogen-bond acceptors (Lipinski definition) is 4. The molecule has 0 atom stereocenters. The van der Waals surface area contributed by atoms with Gasteiger partial charge in [0.25, 0.3) is 0 Å². The fraction of sp³-hybridized carbons (Fsp3) is 0.160. The number of aromatic nitrogens is 3. The van der Waals surface area contributed by atoms with Gasteiger partial charge in [0.1, 0.15) is 5.82 Å². The summed E-state index contributed by atoms with van der Waals surface area (Å²) in [4.78, 5) is 12.7. The van der Waals surface area contributed by atoms with Gasteiger partial charge < -0.3 is 5.32 Å². The Balaban J connectivity index is 1.59. The van der Waals surface area contributed by atoms with Crippen LogP contribution < -0.4 is 5.32 Å². The number of anilines is 1. The molecular formula is C25H23FN4OS. The first-order valence-corrected chi connectivity index (χ1v) is 11.2. The summed E-state index contributed by atoms with van der Waals surface area (Å²) in [6, 6.07) is 19.9. The van der Waals surface area contributed by atoms with E-state index in [0.29, 0.717) is 11.0 Å². The van der Waals surface area contributed by atoms with Gasteiger partial charge in [0, 0.05) is 16.9 Å². The summed E-state index contributed by atoms with van der Waals surface area (Å²) >= 11 is 1.31. The molecule has 0 bridgehead atoms. The van der Waals surface area contributed by atoms with Crippen molar-refractivity contribution >= 4 is 23.4 Å². The number of benzene rings is 3. The Bertz CT molecular complexity index is 1230. The van der Waals surface area contributed by atoms with Gasteiger partial charge in [-0.2, -0.15) is 0 Å². The lowest BCUT2D eigenvalue weighted by molar-refractivity contribution is -0.113. The van der Waals surface area contributed by atoms with Crippen molar-refractivity contribution in [2.24, 2.45) is 0 Å². The Morgan fingerprint density at radius 3 is 2.28 bits per heavy atom. The summed E-state index contributed by atoms with van der Waals surface area (Å²) in [6.07, 6.45) is 0. The van der Waals surface area contributed by atoms with E-state index in [1.165, 1.54) is 23.9 Å². The van der Waals surface area contributed by atoms with E-state index >= 15 is 0 Å². The van der Waals surface area contributed by atoms with Crippen LogP contribution in [-0.2, 0) is 4.79 Å². The number of nitrogens with one attached hydrogen (secondary N) is 1. The van der Waals surface area contributed by atoms with E-state index in [0.717, 1.165) is 33.6 Å². The van der Waals surface area contributed by atoms with Crippen LogP contribution in [0.3, 0.4) is 0 Å². The smallest absolute Gasteiger partial charge is 0.234 e. The van der Waals surface area contributed by atoms with Crippen LogP contribution in [0.2, 0.25) is 0 Å². The fourth-order valence-electron chi connectivity index (χ4n) is 3.64. The van der Waals surface area contributed by atoms with Crippen LogP contribution in [0.15, 0.2) is 71.9 Å². The third-order valence-corrected chi connectivity index (χ3v) is 5.95. The van der Waals surface area contributed by atoms with Crippen LogP contribution in [0.1, 0.15) is 16.7 Å². The lowest BCUT2D eigenvalue weighted by atomic mass is 10.1. The summed E-state index contributed by atoms with van der Waals surface area (Å²) in [5.41, 5.74) is 5.68. The Morgan fingerprint density at radius 1 is 0.969 bits per heavy atom. The highest BCUT2D eigenvalue weighted by molar-refractivity contribution is 7.99. The molecule has 0 saturated carbocycles. The predicted molar refractivity (Wildman–Crippen MR) is 127 cm³/mol. The number of para-hydroxylation sites is 1. The number of carbonyl (C=O) groups is 1. The number of thioether (sulfide) groups is 1. The molecule has 7 heteroatoms. The quantitative estimate of drug-likeness (QED) is 0.384. The van der Waals surface area contributed by atoms with Crippen LogP contribution in [0.4, 0.5) is 10.1 Å². The zero-order valence-corrected chi connectivity index (χ0v) is 18.9. The first kappa shape index (κ1) is 21.8. The average Bonchev–Trinajstić information content (AvgIpc) is 3.20. The molecule has 1 heterocycles. The highest BCUT2D eigenvalue weighted by Crippen LogP contribution is 2.28. The highest BCUT2D eigenvalue weighted by atomic mass is 32.2. The van der Waals surface area contributed by atoms with E-state index in [1.807, 2.05) is 55.7 Å². The average molecular weight is 447 g/mol.